The monoisotopic (exact) mass is 377 g/mol. The molecule has 0 radical (unpaired) electrons. The number of rotatable bonds is 4. The molecular formula is C12H13ClIN3O. The van der Waals surface area contributed by atoms with E-state index in [-0.39, 0.29) is 6.04 Å². The van der Waals surface area contributed by atoms with Crippen molar-refractivity contribution in [1.82, 2.24) is 15.5 Å². The van der Waals surface area contributed by atoms with Crippen LogP contribution in [0.1, 0.15) is 25.3 Å². The van der Waals surface area contributed by atoms with E-state index < -0.39 is 0 Å². The van der Waals surface area contributed by atoms with Gasteiger partial charge in [0.25, 0.3) is 0 Å². The molecule has 1 heterocycles. The molecule has 1 N–H and O–H groups in total. The SMILES string of the molecule is CCC(NC)c1nnc(-c2cc(Cl)ccc2I)o1. The highest BCUT2D eigenvalue weighted by atomic mass is 127. The molecule has 96 valence electrons. The van der Waals surface area contributed by atoms with E-state index in [2.05, 4.69) is 45.0 Å². The van der Waals surface area contributed by atoms with Gasteiger partial charge in [-0.05, 0) is 54.3 Å². The Hall–Kier alpha value is -0.660. The molecule has 2 aromatic rings. The predicted octanol–water partition coefficient (Wildman–Crippen LogP) is 3.67. The average molecular weight is 378 g/mol. The zero-order valence-electron chi connectivity index (χ0n) is 10.1. The van der Waals surface area contributed by atoms with Crippen molar-refractivity contribution >= 4 is 34.2 Å². The number of halogens is 2. The van der Waals surface area contributed by atoms with Gasteiger partial charge in [0.1, 0.15) is 0 Å². The van der Waals surface area contributed by atoms with Gasteiger partial charge in [-0.1, -0.05) is 18.5 Å². The molecule has 1 unspecified atom stereocenters. The Labute approximate surface area is 124 Å². The molecule has 1 atom stereocenters. The molecule has 1 aromatic carbocycles. The minimum atomic E-state index is 0.0862. The second-order valence-electron chi connectivity index (χ2n) is 3.82. The fourth-order valence-corrected chi connectivity index (χ4v) is 2.39. The lowest BCUT2D eigenvalue weighted by molar-refractivity contribution is 0.415. The highest BCUT2D eigenvalue weighted by Crippen LogP contribution is 2.28. The molecule has 0 spiro atoms. The summed E-state index contributed by atoms with van der Waals surface area (Å²) in [4.78, 5) is 0. The van der Waals surface area contributed by atoms with Crippen molar-refractivity contribution in [1.29, 1.82) is 0 Å². The summed E-state index contributed by atoms with van der Waals surface area (Å²) in [6.07, 6.45) is 0.894. The van der Waals surface area contributed by atoms with Gasteiger partial charge in [0.05, 0.1) is 11.6 Å². The minimum absolute atomic E-state index is 0.0862. The van der Waals surface area contributed by atoms with Gasteiger partial charge >= 0.3 is 0 Å². The van der Waals surface area contributed by atoms with Crippen LogP contribution in [-0.2, 0) is 0 Å². The quantitative estimate of drug-likeness (QED) is 0.826. The van der Waals surface area contributed by atoms with Crippen molar-refractivity contribution in [2.24, 2.45) is 0 Å². The maximum Gasteiger partial charge on any atom is 0.248 e. The Balaban J connectivity index is 2.37. The molecule has 0 saturated carbocycles. The van der Waals surface area contributed by atoms with E-state index in [1.807, 2.05) is 25.2 Å². The Morgan fingerprint density at radius 3 is 2.89 bits per heavy atom. The van der Waals surface area contributed by atoms with Crippen molar-refractivity contribution in [2.45, 2.75) is 19.4 Å². The normalized spacial score (nSPS) is 12.7. The molecule has 0 amide bonds. The van der Waals surface area contributed by atoms with Gasteiger partial charge in [-0.3, -0.25) is 0 Å². The Kier molecular flexibility index (Phi) is 4.58. The fourth-order valence-electron chi connectivity index (χ4n) is 1.65. The summed E-state index contributed by atoms with van der Waals surface area (Å²) < 4.78 is 6.73. The smallest absolute Gasteiger partial charge is 0.248 e. The Bertz CT molecular complexity index is 540. The van der Waals surface area contributed by atoms with Gasteiger partial charge < -0.3 is 9.73 Å². The minimum Gasteiger partial charge on any atom is -0.419 e. The molecule has 2 rings (SSSR count). The third kappa shape index (κ3) is 2.84. The van der Waals surface area contributed by atoms with Crippen LogP contribution in [0.25, 0.3) is 11.5 Å². The molecular weight excluding hydrogens is 365 g/mol. The van der Waals surface area contributed by atoms with Crippen molar-refractivity contribution in [3.05, 3.63) is 32.7 Å². The fraction of sp³-hybridized carbons (Fsp3) is 0.333. The molecule has 0 aliphatic rings. The van der Waals surface area contributed by atoms with Crippen molar-refractivity contribution in [3.8, 4) is 11.5 Å². The van der Waals surface area contributed by atoms with Crippen LogP contribution in [0.4, 0.5) is 0 Å². The summed E-state index contributed by atoms with van der Waals surface area (Å²) in [6, 6.07) is 5.69. The summed E-state index contributed by atoms with van der Waals surface area (Å²) in [5.41, 5.74) is 0.868. The van der Waals surface area contributed by atoms with Crippen LogP contribution < -0.4 is 5.32 Å². The van der Waals surface area contributed by atoms with Crippen molar-refractivity contribution < 1.29 is 4.42 Å². The summed E-state index contributed by atoms with van der Waals surface area (Å²) in [5.74, 6) is 1.11. The second-order valence-corrected chi connectivity index (χ2v) is 5.42. The number of hydrogen-bond donors (Lipinski definition) is 1. The maximum absolute atomic E-state index is 5.99. The average Bonchev–Trinajstić information content (AvgIpc) is 2.83. The van der Waals surface area contributed by atoms with Crippen LogP contribution in [0.15, 0.2) is 22.6 Å². The van der Waals surface area contributed by atoms with Crippen LogP contribution in [0.5, 0.6) is 0 Å². The molecule has 0 bridgehead atoms. The van der Waals surface area contributed by atoms with E-state index in [1.165, 1.54) is 0 Å². The number of hydrogen-bond acceptors (Lipinski definition) is 4. The van der Waals surface area contributed by atoms with Gasteiger partial charge in [0.15, 0.2) is 0 Å². The van der Waals surface area contributed by atoms with Gasteiger partial charge in [-0.2, -0.15) is 0 Å². The lowest BCUT2D eigenvalue weighted by Gasteiger charge is -2.07. The van der Waals surface area contributed by atoms with Crippen molar-refractivity contribution in [3.63, 3.8) is 0 Å². The zero-order chi connectivity index (χ0) is 13.1. The van der Waals surface area contributed by atoms with E-state index >= 15 is 0 Å². The topological polar surface area (TPSA) is 51.0 Å². The molecule has 0 saturated heterocycles. The van der Waals surface area contributed by atoms with E-state index in [4.69, 9.17) is 16.0 Å². The largest absolute Gasteiger partial charge is 0.419 e. The molecule has 6 heteroatoms. The van der Waals surface area contributed by atoms with E-state index in [9.17, 15) is 0 Å². The molecule has 1 aromatic heterocycles. The van der Waals surface area contributed by atoms with Gasteiger partial charge in [-0.15, -0.1) is 10.2 Å². The first-order valence-electron chi connectivity index (χ1n) is 5.61. The highest BCUT2D eigenvalue weighted by molar-refractivity contribution is 14.1. The first-order chi connectivity index (χ1) is 8.65. The highest BCUT2D eigenvalue weighted by Gasteiger charge is 2.17. The summed E-state index contributed by atoms with van der Waals surface area (Å²) >= 11 is 8.21. The maximum atomic E-state index is 5.99. The number of aromatic nitrogens is 2. The number of nitrogens with one attached hydrogen (secondary N) is 1. The summed E-state index contributed by atoms with van der Waals surface area (Å²) in [7, 11) is 1.88. The van der Waals surface area contributed by atoms with Crippen LogP contribution in [-0.4, -0.2) is 17.2 Å². The van der Waals surface area contributed by atoms with Gasteiger partial charge in [-0.25, -0.2) is 0 Å². The summed E-state index contributed by atoms with van der Waals surface area (Å²) in [6.45, 7) is 2.06. The first kappa shape index (κ1) is 13.8. The van der Waals surface area contributed by atoms with Crippen LogP contribution in [0.3, 0.4) is 0 Å². The Morgan fingerprint density at radius 2 is 2.22 bits per heavy atom. The van der Waals surface area contributed by atoms with E-state index in [1.54, 1.807) is 0 Å². The number of nitrogens with zero attached hydrogens (tertiary/aromatic N) is 2. The van der Waals surface area contributed by atoms with E-state index in [0.29, 0.717) is 16.8 Å². The zero-order valence-corrected chi connectivity index (χ0v) is 13.0. The molecule has 0 fully saturated rings. The van der Waals surface area contributed by atoms with E-state index in [0.717, 1.165) is 15.6 Å². The first-order valence-corrected chi connectivity index (χ1v) is 7.07. The molecule has 0 aliphatic heterocycles. The van der Waals surface area contributed by atoms with Gasteiger partial charge in [0.2, 0.25) is 11.8 Å². The standard InChI is InChI=1S/C12H13ClIN3O/c1-3-10(15-2)12-17-16-11(18-12)8-6-7(13)4-5-9(8)14/h4-6,10,15H,3H2,1-2H3. The third-order valence-corrected chi connectivity index (χ3v) is 3.83. The molecule has 0 aliphatic carbocycles. The third-order valence-electron chi connectivity index (χ3n) is 2.65. The van der Waals surface area contributed by atoms with Gasteiger partial charge in [0, 0.05) is 8.59 Å². The number of benzene rings is 1. The summed E-state index contributed by atoms with van der Waals surface area (Å²) in [5, 5.41) is 12.0. The van der Waals surface area contributed by atoms with Crippen LogP contribution in [0.2, 0.25) is 5.02 Å². The second kappa shape index (κ2) is 5.99. The predicted molar refractivity (Wildman–Crippen MR) is 79.6 cm³/mol. The Morgan fingerprint density at radius 1 is 1.44 bits per heavy atom. The lowest BCUT2D eigenvalue weighted by Crippen LogP contribution is -2.15. The molecule has 18 heavy (non-hydrogen) atoms. The molecule has 4 nitrogen and oxygen atoms in total. The van der Waals surface area contributed by atoms with Crippen molar-refractivity contribution in [2.75, 3.05) is 7.05 Å². The van der Waals surface area contributed by atoms with Crippen LogP contribution in [0, 0.1) is 3.57 Å². The lowest BCUT2D eigenvalue weighted by atomic mass is 10.2. The van der Waals surface area contributed by atoms with Crippen LogP contribution >= 0.6 is 34.2 Å².